The molecule has 0 aromatic carbocycles. The highest BCUT2D eigenvalue weighted by atomic mass is 16.5. The first kappa shape index (κ1) is 15.5. The molecule has 1 saturated carbocycles. The van der Waals surface area contributed by atoms with Crippen molar-refractivity contribution in [2.75, 3.05) is 13.7 Å². The van der Waals surface area contributed by atoms with Gasteiger partial charge in [-0.2, -0.15) is 0 Å². The van der Waals surface area contributed by atoms with Gasteiger partial charge in [0.05, 0.1) is 5.60 Å². The molecular weight excluding hydrogens is 222 g/mol. The van der Waals surface area contributed by atoms with E-state index in [1.165, 1.54) is 12.8 Å². The fourth-order valence-corrected chi connectivity index (χ4v) is 2.99. The van der Waals surface area contributed by atoms with Crippen LogP contribution < -0.4 is 5.32 Å². The van der Waals surface area contributed by atoms with E-state index in [1.807, 2.05) is 14.0 Å². The molecule has 18 heavy (non-hydrogen) atoms. The van der Waals surface area contributed by atoms with Crippen molar-refractivity contribution in [1.82, 2.24) is 5.32 Å². The molecule has 1 aliphatic rings. The summed E-state index contributed by atoms with van der Waals surface area (Å²) in [7, 11) is 2.03. The quantitative estimate of drug-likeness (QED) is 0.757. The Hall–Kier alpha value is -0.520. The van der Waals surface area contributed by atoms with Crippen LogP contribution in [0, 0.1) is 17.3 Å². The number of hydrogen-bond donors (Lipinski definition) is 1. The van der Waals surface area contributed by atoms with Gasteiger partial charge < -0.3 is 10.1 Å². The molecule has 1 rings (SSSR count). The standard InChI is InChI=1S/C16H29NO/c1-6-8-9-14(17-5)16(18-7-2)12-10-15(3,4)11-13-16/h14,17H,7,9-13H2,1-5H3. The Morgan fingerprint density at radius 1 is 1.22 bits per heavy atom. The Morgan fingerprint density at radius 2 is 1.83 bits per heavy atom. The predicted octanol–water partition coefficient (Wildman–Crippen LogP) is 3.36. The van der Waals surface area contributed by atoms with Crippen molar-refractivity contribution in [3.8, 4) is 11.8 Å². The van der Waals surface area contributed by atoms with Gasteiger partial charge in [-0.05, 0) is 52.0 Å². The van der Waals surface area contributed by atoms with Gasteiger partial charge in [-0.15, -0.1) is 11.8 Å². The molecular formula is C16H29NO. The van der Waals surface area contributed by atoms with Gasteiger partial charge in [0.25, 0.3) is 0 Å². The third-order valence-corrected chi connectivity index (χ3v) is 4.35. The van der Waals surface area contributed by atoms with Crippen LogP contribution in [0.5, 0.6) is 0 Å². The fraction of sp³-hybridized carbons (Fsp3) is 0.875. The molecule has 0 aliphatic heterocycles. The molecule has 1 fully saturated rings. The lowest BCUT2D eigenvalue weighted by molar-refractivity contribution is -0.104. The van der Waals surface area contributed by atoms with E-state index < -0.39 is 0 Å². The molecule has 0 spiro atoms. The van der Waals surface area contributed by atoms with Crippen molar-refractivity contribution in [2.24, 2.45) is 5.41 Å². The zero-order valence-corrected chi connectivity index (χ0v) is 12.7. The summed E-state index contributed by atoms with van der Waals surface area (Å²) in [6.45, 7) is 9.52. The van der Waals surface area contributed by atoms with Crippen LogP contribution >= 0.6 is 0 Å². The summed E-state index contributed by atoms with van der Waals surface area (Å²) >= 11 is 0. The average molecular weight is 251 g/mol. The first-order valence-corrected chi connectivity index (χ1v) is 7.20. The molecule has 1 N–H and O–H groups in total. The molecule has 0 saturated heterocycles. The number of ether oxygens (including phenoxy) is 1. The molecule has 1 aliphatic carbocycles. The molecule has 0 radical (unpaired) electrons. The second-order valence-electron chi connectivity index (χ2n) is 6.13. The third kappa shape index (κ3) is 3.73. The van der Waals surface area contributed by atoms with E-state index in [0.717, 1.165) is 25.9 Å². The Balaban J connectivity index is 2.81. The highest BCUT2D eigenvalue weighted by Gasteiger charge is 2.43. The largest absolute Gasteiger partial charge is 0.374 e. The summed E-state index contributed by atoms with van der Waals surface area (Å²) in [5.74, 6) is 6.21. The molecule has 1 unspecified atom stereocenters. The maximum absolute atomic E-state index is 6.18. The maximum atomic E-state index is 6.18. The number of nitrogens with one attached hydrogen (secondary N) is 1. The van der Waals surface area contributed by atoms with Crippen LogP contribution in [0.4, 0.5) is 0 Å². The molecule has 1 atom stereocenters. The molecule has 0 heterocycles. The van der Waals surface area contributed by atoms with E-state index in [1.54, 1.807) is 0 Å². The van der Waals surface area contributed by atoms with E-state index in [4.69, 9.17) is 4.74 Å². The lowest BCUT2D eigenvalue weighted by Crippen LogP contribution is -2.54. The van der Waals surface area contributed by atoms with Crippen LogP contribution in [-0.2, 0) is 4.74 Å². The van der Waals surface area contributed by atoms with Crippen LogP contribution in [0.25, 0.3) is 0 Å². The van der Waals surface area contributed by atoms with Crippen LogP contribution in [0.3, 0.4) is 0 Å². The summed E-state index contributed by atoms with van der Waals surface area (Å²) in [5, 5.41) is 3.43. The lowest BCUT2D eigenvalue weighted by Gasteiger charge is -2.47. The smallest absolute Gasteiger partial charge is 0.0844 e. The fourth-order valence-electron chi connectivity index (χ4n) is 2.99. The van der Waals surface area contributed by atoms with Crippen molar-refractivity contribution in [3.05, 3.63) is 0 Å². The zero-order chi connectivity index (χ0) is 13.6. The normalized spacial score (nSPS) is 22.9. The first-order valence-electron chi connectivity index (χ1n) is 7.20. The number of rotatable bonds is 5. The molecule has 0 bridgehead atoms. The van der Waals surface area contributed by atoms with Crippen molar-refractivity contribution in [1.29, 1.82) is 0 Å². The Kier molecular flexibility index (Phi) is 5.69. The SMILES string of the molecule is CC#CCC(NC)C1(OCC)CCC(C)(C)CC1. The molecule has 0 amide bonds. The minimum absolute atomic E-state index is 0.0110. The van der Waals surface area contributed by atoms with Crippen LogP contribution in [0.2, 0.25) is 0 Å². The monoisotopic (exact) mass is 251 g/mol. The molecule has 0 aromatic heterocycles. The van der Waals surface area contributed by atoms with Crippen molar-refractivity contribution >= 4 is 0 Å². The highest BCUT2D eigenvalue weighted by Crippen LogP contribution is 2.44. The average Bonchev–Trinajstić information content (AvgIpc) is 2.34. The minimum atomic E-state index is -0.0110. The predicted molar refractivity (Wildman–Crippen MR) is 77.5 cm³/mol. The van der Waals surface area contributed by atoms with Crippen molar-refractivity contribution < 1.29 is 4.74 Å². The summed E-state index contributed by atoms with van der Waals surface area (Å²) in [6.07, 6.45) is 5.65. The summed E-state index contributed by atoms with van der Waals surface area (Å²) < 4.78 is 6.18. The van der Waals surface area contributed by atoms with Crippen LogP contribution in [0.1, 0.15) is 59.8 Å². The van der Waals surface area contributed by atoms with E-state index in [-0.39, 0.29) is 5.60 Å². The Bertz CT molecular complexity index is 301. The summed E-state index contributed by atoms with van der Waals surface area (Å²) in [5.41, 5.74) is 0.457. The van der Waals surface area contributed by atoms with Gasteiger partial charge in [-0.3, -0.25) is 0 Å². The Morgan fingerprint density at radius 3 is 2.28 bits per heavy atom. The molecule has 0 aromatic rings. The summed E-state index contributed by atoms with van der Waals surface area (Å²) in [4.78, 5) is 0. The Labute approximate surface area is 113 Å². The van der Waals surface area contributed by atoms with Gasteiger partial charge in [0.15, 0.2) is 0 Å². The first-order chi connectivity index (χ1) is 8.49. The number of hydrogen-bond acceptors (Lipinski definition) is 2. The van der Waals surface area contributed by atoms with Gasteiger partial charge in [-0.1, -0.05) is 13.8 Å². The van der Waals surface area contributed by atoms with E-state index in [9.17, 15) is 0 Å². The van der Waals surface area contributed by atoms with E-state index in [2.05, 4.69) is 37.9 Å². The van der Waals surface area contributed by atoms with Crippen molar-refractivity contribution in [3.63, 3.8) is 0 Å². The molecule has 104 valence electrons. The lowest BCUT2D eigenvalue weighted by atomic mass is 9.68. The van der Waals surface area contributed by atoms with Gasteiger partial charge in [0, 0.05) is 19.1 Å². The number of likely N-dealkylation sites (N-methyl/N-ethyl adjacent to an activating group) is 1. The van der Waals surface area contributed by atoms with Crippen LogP contribution in [-0.4, -0.2) is 25.3 Å². The van der Waals surface area contributed by atoms with Crippen molar-refractivity contribution in [2.45, 2.75) is 71.4 Å². The molecule has 2 nitrogen and oxygen atoms in total. The second kappa shape index (κ2) is 6.59. The zero-order valence-electron chi connectivity index (χ0n) is 12.7. The third-order valence-electron chi connectivity index (χ3n) is 4.35. The maximum Gasteiger partial charge on any atom is 0.0844 e. The van der Waals surface area contributed by atoms with E-state index >= 15 is 0 Å². The van der Waals surface area contributed by atoms with Gasteiger partial charge in [-0.25, -0.2) is 0 Å². The summed E-state index contributed by atoms with van der Waals surface area (Å²) in [6, 6.07) is 0.348. The van der Waals surface area contributed by atoms with Gasteiger partial charge in [0.2, 0.25) is 0 Å². The van der Waals surface area contributed by atoms with Gasteiger partial charge in [0.1, 0.15) is 0 Å². The van der Waals surface area contributed by atoms with Crippen LogP contribution in [0.15, 0.2) is 0 Å². The minimum Gasteiger partial charge on any atom is -0.374 e. The molecule has 2 heteroatoms. The van der Waals surface area contributed by atoms with E-state index in [0.29, 0.717) is 11.5 Å². The highest BCUT2D eigenvalue weighted by molar-refractivity contribution is 5.06. The topological polar surface area (TPSA) is 21.3 Å². The second-order valence-corrected chi connectivity index (χ2v) is 6.13. The van der Waals surface area contributed by atoms with Gasteiger partial charge >= 0.3 is 0 Å².